The summed E-state index contributed by atoms with van der Waals surface area (Å²) < 4.78 is 0. The number of aliphatic hydroxyl groups excluding tert-OH is 1. The minimum absolute atomic E-state index is 0.00722. The summed E-state index contributed by atoms with van der Waals surface area (Å²) in [5, 5.41) is 9.23. The van der Waals surface area contributed by atoms with Gasteiger partial charge in [0.1, 0.15) is 0 Å². The third-order valence-electron chi connectivity index (χ3n) is 3.07. The summed E-state index contributed by atoms with van der Waals surface area (Å²) in [7, 11) is 0. The molecule has 0 spiro atoms. The van der Waals surface area contributed by atoms with Crippen LogP contribution in [0.25, 0.3) is 0 Å². The Labute approximate surface area is 102 Å². The highest BCUT2D eigenvalue weighted by Crippen LogP contribution is 2.18. The first kappa shape index (κ1) is 13.8. The normalized spacial score (nSPS) is 23.2. The summed E-state index contributed by atoms with van der Waals surface area (Å²) in [6.45, 7) is 0.804. The van der Waals surface area contributed by atoms with Gasteiger partial charge in [0.25, 0.3) is 0 Å². The number of nitrogens with two attached hydrogens (primary N) is 1. The van der Waals surface area contributed by atoms with Gasteiger partial charge in [0.15, 0.2) is 0 Å². The van der Waals surface area contributed by atoms with Gasteiger partial charge in [-0.3, -0.25) is 4.79 Å². The van der Waals surface area contributed by atoms with E-state index in [9.17, 15) is 9.90 Å². The van der Waals surface area contributed by atoms with Crippen molar-refractivity contribution in [2.24, 2.45) is 5.73 Å². The molecule has 1 saturated heterocycles. The molecule has 1 heterocycles. The van der Waals surface area contributed by atoms with Crippen LogP contribution in [0.1, 0.15) is 25.7 Å². The highest BCUT2D eigenvalue weighted by Gasteiger charge is 2.28. The number of thioether (sulfide) groups is 1. The number of amides is 1. The topological polar surface area (TPSA) is 66.6 Å². The number of aliphatic hydroxyl groups is 1. The van der Waals surface area contributed by atoms with Crippen LogP contribution in [0.3, 0.4) is 0 Å². The molecule has 0 radical (unpaired) electrons. The van der Waals surface area contributed by atoms with E-state index < -0.39 is 6.04 Å². The van der Waals surface area contributed by atoms with E-state index in [-0.39, 0.29) is 18.6 Å². The minimum Gasteiger partial charge on any atom is -0.394 e. The monoisotopic (exact) mass is 246 g/mol. The standard InChI is InChI=1S/C11H22N2O2S/c1-16-7-5-10(12)11(15)13-6-3-2-4-9(13)8-14/h9-10,14H,2-8,12H2,1H3/t9?,10-/m1/s1. The molecule has 3 N–H and O–H groups in total. The fourth-order valence-electron chi connectivity index (χ4n) is 2.06. The second kappa shape index (κ2) is 7.14. The second-order valence-corrected chi connectivity index (χ2v) is 5.24. The van der Waals surface area contributed by atoms with Crippen LogP contribution in [0, 0.1) is 0 Å². The number of piperidine rings is 1. The lowest BCUT2D eigenvalue weighted by Crippen LogP contribution is -2.52. The van der Waals surface area contributed by atoms with E-state index >= 15 is 0 Å². The lowest BCUT2D eigenvalue weighted by molar-refractivity contribution is -0.137. The number of carbonyl (C=O) groups is 1. The van der Waals surface area contributed by atoms with Crippen molar-refractivity contribution in [3.8, 4) is 0 Å². The van der Waals surface area contributed by atoms with E-state index in [4.69, 9.17) is 5.73 Å². The summed E-state index contributed by atoms with van der Waals surface area (Å²) in [5.41, 5.74) is 5.86. The highest BCUT2D eigenvalue weighted by molar-refractivity contribution is 7.98. The van der Waals surface area contributed by atoms with Crippen LogP contribution in [0.15, 0.2) is 0 Å². The van der Waals surface area contributed by atoms with Gasteiger partial charge in [0, 0.05) is 6.54 Å². The third kappa shape index (κ3) is 3.64. The maximum Gasteiger partial charge on any atom is 0.239 e. The van der Waals surface area contributed by atoms with Crippen molar-refractivity contribution in [3.05, 3.63) is 0 Å². The van der Waals surface area contributed by atoms with Gasteiger partial charge in [-0.15, -0.1) is 0 Å². The van der Waals surface area contributed by atoms with Crippen LogP contribution >= 0.6 is 11.8 Å². The van der Waals surface area contributed by atoms with Crippen LogP contribution in [0.2, 0.25) is 0 Å². The van der Waals surface area contributed by atoms with Gasteiger partial charge in [0.2, 0.25) is 5.91 Å². The average Bonchev–Trinajstić information content (AvgIpc) is 2.34. The predicted molar refractivity (Wildman–Crippen MR) is 67.4 cm³/mol. The Bertz CT molecular complexity index is 226. The first-order chi connectivity index (χ1) is 7.70. The molecule has 0 aromatic heterocycles. The zero-order chi connectivity index (χ0) is 12.0. The fraction of sp³-hybridized carbons (Fsp3) is 0.909. The number of nitrogens with zero attached hydrogens (tertiary/aromatic N) is 1. The number of rotatable bonds is 5. The van der Waals surface area contributed by atoms with Gasteiger partial charge in [-0.1, -0.05) is 0 Å². The van der Waals surface area contributed by atoms with Crippen molar-refractivity contribution >= 4 is 17.7 Å². The van der Waals surface area contributed by atoms with E-state index in [2.05, 4.69) is 0 Å². The molecule has 5 heteroatoms. The number of hydrogen-bond acceptors (Lipinski definition) is 4. The first-order valence-corrected chi connectivity index (χ1v) is 7.26. The minimum atomic E-state index is -0.403. The molecule has 1 unspecified atom stereocenters. The van der Waals surface area contributed by atoms with E-state index in [0.717, 1.165) is 31.6 Å². The molecule has 4 nitrogen and oxygen atoms in total. The van der Waals surface area contributed by atoms with Crippen LogP contribution in [-0.4, -0.2) is 53.2 Å². The van der Waals surface area contributed by atoms with Gasteiger partial charge in [-0.2, -0.15) is 11.8 Å². The van der Waals surface area contributed by atoms with Crippen LogP contribution < -0.4 is 5.73 Å². The quantitative estimate of drug-likeness (QED) is 0.739. The third-order valence-corrected chi connectivity index (χ3v) is 3.72. The van der Waals surface area contributed by atoms with Crippen molar-refractivity contribution in [1.29, 1.82) is 0 Å². The maximum absolute atomic E-state index is 12.1. The van der Waals surface area contributed by atoms with Crippen LogP contribution in [-0.2, 0) is 4.79 Å². The Morgan fingerprint density at radius 1 is 1.62 bits per heavy atom. The van der Waals surface area contributed by atoms with Crippen molar-refractivity contribution in [2.45, 2.75) is 37.8 Å². The molecule has 1 amide bonds. The molecule has 1 rings (SSSR count). The molecule has 0 bridgehead atoms. The summed E-state index contributed by atoms with van der Waals surface area (Å²) in [6.07, 6.45) is 5.74. The number of carbonyl (C=O) groups excluding carboxylic acids is 1. The van der Waals surface area contributed by atoms with Crippen LogP contribution in [0.5, 0.6) is 0 Å². The molecule has 2 atom stereocenters. The largest absolute Gasteiger partial charge is 0.394 e. The lowest BCUT2D eigenvalue weighted by atomic mass is 10.0. The Hall–Kier alpha value is -0.260. The molecule has 16 heavy (non-hydrogen) atoms. The molecule has 94 valence electrons. The van der Waals surface area contributed by atoms with Gasteiger partial charge in [0.05, 0.1) is 18.7 Å². The Morgan fingerprint density at radius 2 is 2.38 bits per heavy atom. The second-order valence-electron chi connectivity index (χ2n) is 4.25. The molecule has 1 aliphatic heterocycles. The van der Waals surface area contributed by atoms with E-state index in [0.29, 0.717) is 6.42 Å². The van der Waals surface area contributed by atoms with Crippen molar-refractivity contribution < 1.29 is 9.90 Å². The number of likely N-dealkylation sites (tertiary alicyclic amines) is 1. The van der Waals surface area contributed by atoms with E-state index in [1.807, 2.05) is 6.26 Å². The molecule has 1 fully saturated rings. The number of hydrogen-bond donors (Lipinski definition) is 2. The summed E-state index contributed by atoms with van der Waals surface area (Å²) in [6, 6.07) is -0.416. The molecule has 1 aliphatic rings. The van der Waals surface area contributed by atoms with Crippen molar-refractivity contribution in [1.82, 2.24) is 4.90 Å². The Morgan fingerprint density at radius 3 is 3.00 bits per heavy atom. The zero-order valence-corrected chi connectivity index (χ0v) is 10.7. The van der Waals surface area contributed by atoms with Crippen LogP contribution in [0.4, 0.5) is 0 Å². The summed E-state index contributed by atoms with van der Waals surface area (Å²) in [4.78, 5) is 13.8. The van der Waals surface area contributed by atoms with Gasteiger partial charge in [-0.05, 0) is 37.7 Å². The molecular formula is C11H22N2O2S. The maximum atomic E-state index is 12.1. The Kier molecular flexibility index (Phi) is 6.16. The average molecular weight is 246 g/mol. The smallest absolute Gasteiger partial charge is 0.239 e. The van der Waals surface area contributed by atoms with E-state index in [1.165, 1.54) is 0 Å². The Balaban J connectivity index is 2.49. The van der Waals surface area contributed by atoms with Gasteiger partial charge in [-0.25, -0.2) is 0 Å². The lowest BCUT2D eigenvalue weighted by Gasteiger charge is -2.36. The summed E-state index contributed by atoms with van der Waals surface area (Å²) in [5.74, 6) is 0.915. The molecular weight excluding hydrogens is 224 g/mol. The zero-order valence-electron chi connectivity index (χ0n) is 9.89. The molecule has 0 aliphatic carbocycles. The SMILES string of the molecule is CSCC[C@@H](N)C(=O)N1CCCCC1CO. The van der Waals surface area contributed by atoms with E-state index in [1.54, 1.807) is 16.7 Å². The molecule has 0 saturated carbocycles. The fourth-order valence-corrected chi connectivity index (χ4v) is 2.55. The highest BCUT2D eigenvalue weighted by atomic mass is 32.2. The van der Waals surface area contributed by atoms with Gasteiger partial charge >= 0.3 is 0 Å². The summed E-state index contributed by atoms with van der Waals surface area (Å²) >= 11 is 1.70. The van der Waals surface area contributed by atoms with Crippen molar-refractivity contribution in [3.63, 3.8) is 0 Å². The first-order valence-electron chi connectivity index (χ1n) is 5.86. The molecule has 0 aromatic rings. The molecule has 0 aromatic carbocycles. The van der Waals surface area contributed by atoms with Gasteiger partial charge < -0.3 is 15.7 Å². The van der Waals surface area contributed by atoms with Crippen molar-refractivity contribution in [2.75, 3.05) is 25.2 Å². The predicted octanol–water partition coefficient (Wildman–Crippen LogP) is 0.440.